The van der Waals surface area contributed by atoms with Gasteiger partial charge < -0.3 is 9.47 Å². The highest BCUT2D eigenvalue weighted by atomic mass is 16.5. The molecule has 4 fully saturated rings. The van der Waals surface area contributed by atoms with Gasteiger partial charge in [0.2, 0.25) is 0 Å². The van der Waals surface area contributed by atoms with E-state index in [1.54, 1.807) is 12.5 Å². The molecule has 4 heteroatoms. The fourth-order valence-electron chi connectivity index (χ4n) is 11.2. The number of allylic oxidation sites excluding steroid dienone is 2. The van der Waals surface area contributed by atoms with E-state index >= 15 is 0 Å². The summed E-state index contributed by atoms with van der Waals surface area (Å²) in [6.45, 7) is 21.2. The first-order chi connectivity index (χ1) is 17.5. The third-order valence-electron chi connectivity index (χ3n) is 13.8. The molecule has 0 aromatic heterocycles. The van der Waals surface area contributed by atoms with E-state index in [0.29, 0.717) is 29.8 Å². The summed E-state index contributed by atoms with van der Waals surface area (Å²) in [5, 5.41) is 0. The maximum atomic E-state index is 11.9. The summed E-state index contributed by atoms with van der Waals surface area (Å²) in [5.74, 6) is 1.51. The molecular weight excluding hydrogens is 472 g/mol. The SMILES string of the molecule is CC(=O)OC[C@@]1(C)CC[C@]2(C)CC[C@]3(C)C(=CC[C@@H]4[C@@]5(C)CC[C@H](OC(C)=O)C(C)(C)[C@@H]5CC[C@]43C)[C@H]2C1. The van der Waals surface area contributed by atoms with Crippen molar-refractivity contribution >= 4 is 11.9 Å². The van der Waals surface area contributed by atoms with Crippen molar-refractivity contribution in [1.82, 2.24) is 0 Å². The van der Waals surface area contributed by atoms with Crippen LogP contribution >= 0.6 is 0 Å². The molecular formula is C34H54O4. The number of carbonyl (C=O) groups excluding carboxylic acids is 2. The van der Waals surface area contributed by atoms with Crippen LogP contribution in [0.4, 0.5) is 0 Å². The van der Waals surface area contributed by atoms with Crippen LogP contribution in [0, 0.1) is 50.2 Å². The molecule has 9 atom stereocenters. The van der Waals surface area contributed by atoms with Gasteiger partial charge in [-0.25, -0.2) is 0 Å². The van der Waals surface area contributed by atoms with E-state index in [9.17, 15) is 9.59 Å². The highest BCUT2D eigenvalue weighted by Crippen LogP contribution is 2.75. The second kappa shape index (κ2) is 8.84. The highest BCUT2D eigenvalue weighted by molar-refractivity contribution is 5.66. The molecule has 0 aliphatic heterocycles. The molecule has 0 N–H and O–H groups in total. The van der Waals surface area contributed by atoms with Gasteiger partial charge in [-0.1, -0.05) is 60.1 Å². The van der Waals surface area contributed by atoms with E-state index in [4.69, 9.17) is 9.47 Å². The van der Waals surface area contributed by atoms with Gasteiger partial charge in [0.25, 0.3) is 0 Å². The molecule has 0 heterocycles. The Morgan fingerprint density at radius 2 is 1.53 bits per heavy atom. The van der Waals surface area contributed by atoms with Crippen LogP contribution in [0.3, 0.4) is 0 Å². The Balaban J connectivity index is 1.49. The maximum Gasteiger partial charge on any atom is 0.302 e. The second-order valence-corrected chi connectivity index (χ2v) is 16.3. The molecule has 5 aliphatic carbocycles. The van der Waals surface area contributed by atoms with Crippen LogP contribution in [-0.4, -0.2) is 24.6 Å². The summed E-state index contributed by atoms with van der Waals surface area (Å²) < 4.78 is 11.5. The van der Waals surface area contributed by atoms with Crippen LogP contribution in [0.25, 0.3) is 0 Å². The van der Waals surface area contributed by atoms with Crippen molar-refractivity contribution in [2.75, 3.05) is 6.61 Å². The fraction of sp³-hybridized carbons (Fsp3) is 0.882. The van der Waals surface area contributed by atoms with Gasteiger partial charge >= 0.3 is 11.9 Å². The minimum atomic E-state index is -0.156. The molecule has 0 radical (unpaired) electrons. The molecule has 0 aromatic carbocycles. The van der Waals surface area contributed by atoms with E-state index in [-0.39, 0.29) is 45.1 Å². The number of fused-ring (bicyclic) bond motifs is 7. The topological polar surface area (TPSA) is 52.6 Å². The Morgan fingerprint density at radius 1 is 0.842 bits per heavy atom. The number of hydrogen-bond donors (Lipinski definition) is 0. The first-order valence-electron chi connectivity index (χ1n) is 15.5. The third-order valence-corrected chi connectivity index (χ3v) is 13.8. The van der Waals surface area contributed by atoms with Crippen molar-refractivity contribution in [1.29, 1.82) is 0 Å². The lowest BCUT2D eigenvalue weighted by molar-refractivity contribution is -0.212. The third kappa shape index (κ3) is 3.96. The average Bonchev–Trinajstić information content (AvgIpc) is 2.81. The largest absolute Gasteiger partial charge is 0.465 e. The van der Waals surface area contributed by atoms with Gasteiger partial charge in [-0.05, 0) is 104 Å². The zero-order chi connectivity index (χ0) is 27.9. The zero-order valence-corrected chi connectivity index (χ0v) is 25.8. The number of carbonyl (C=O) groups is 2. The summed E-state index contributed by atoms with van der Waals surface area (Å²) in [7, 11) is 0. The lowest BCUT2D eigenvalue weighted by atomic mass is 9.33. The summed E-state index contributed by atoms with van der Waals surface area (Å²) in [6.07, 6.45) is 14.6. The van der Waals surface area contributed by atoms with Gasteiger partial charge in [0.05, 0.1) is 6.61 Å². The van der Waals surface area contributed by atoms with Crippen molar-refractivity contribution in [3.63, 3.8) is 0 Å². The molecule has 4 nitrogen and oxygen atoms in total. The molecule has 4 saturated carbocycles. The van der Waals surface area contributed by atoms with Crippen LogP contribution in [0.15, 0.2) is 11.6 Å². The average molecular weight is 527 g/mol. The van der Waals surface area contributed by atoms with E-state index in [1.807, 2.05) is 0 Å². The Bertz CT molecular complexity index is 1030. The molecule has 38 heavy (non-hydrogen) atoms. The monoisotopic (exact) mass is 526 g/mol. The van der Waals surface area contributed by atoms with Crippen LogP contribution in [0.1, 0.15) is 127 Å². The Labute approximate surface area is 232 Å². The highest BCUT2D eigenvalue weighted by Gasteiger charge is 2.68. The summed E-state index contributed by atoms with van der Waals surface area (Å²) in [5.41, 5.74) is 2.91. The predicted octanol–water partition coefficient (Wildman–Crippen LogP) is 8.28. The van der Waals surface area contributed by atoms with Crippen LogP contribution in [0.5, 0.6) is 0 Å². The molecule has 0 amide bonds. The van der Waals surface area contributed by atoms with Gasteiger partial charge in [0.15, 0.2) is 0 Å². The van der Waals surface area contributed by atoms with Gasteiger partial charge in [-0.15, -0.1) is 0 Å². The van der Waals surface area contributed by atoms with Crippen molar-refractivity contribution in [2.45, 2.75) is 133 Å². The van der Waals surface area contributed by atoms with Crippen molar-refractivity contribution in [2.24, 2.45) is 50.2 Å². The van der Waals surface area contributed by atoms with Crippen molar-refractivity contribution in [3.05, 3.63) is 11.6 Å². The molecule has 5 rings (SSSR count). The van der Waals surface area contributed by atoms with E-state index in [2.05, 4.69) is 54.5 Å². The van der Waals surface area contributed by atoms with Gasteiger partial charge in [-0.2, -0.15) is 0 Å². The quantitative estimate of drug-likeness (QED) is 0.274. The molecule has 0 unspecified atom stereocenters. The smallest absolute Gasteiger partial charge is 0.302 e. The maximum absolute atomic E-state index is 11.9. The van der Waals surface area contributed by atoms with Crippen LogP contribution in [-0.2, 0) is 19.1 Å². The van der Waals surface area contributed by atoms with E-state index < -0.39 is 0 Å². The van der Waals surface area contributed by atoms with Crippen molar-refractivity contribution < 1.29 is 19.1 Å². The second-order valence-electron chi connectivity index (χ2n) is 16.3. The predicted molar refractivity (Wildman–Crippen MR) is 151 cm³/mol. The molecule has 0 spiro atoms. The minimum Gasteiger partial charge on any atom is -0.465 e. The van der Waals surface area contributed by atoms with Gasteiger partial charge in [0.1, 0.15) is 6.10 Å². The molecule has 0 saturated heterocycles. The summed E-state index contributed by atoms with van der Waals surface area (Å²) in [4.78, 5) is 23.6. The summed E-state index contributed by atoms with van der Waals surface area (Å²) in [6, 6.07) is 0. The van der Waals surface area contributed by atoms with Crippen LogP contribution in [0.2, 0.25) is 0 Å². The number of rotatable bonds is 3. The van der Waals surface area contributed by atoms with Gasteiger partial charge in [0, 0.05) is 24.7 Å². The molecule has 214 valence electrons. The number of esters is 2. The van der Waals surface area contributed by atoms with Crippen molar-refractivity contribution in [3.8, 4) is 0 Å². The molecule has 0 aromatic rings. The Hall–Kier alpha value is -1.32. The fourth-order valence-corrected chi connectivity index (χ4v) is 11.2. The molecule has 0 bridgehead atoms. The number of ether oxygens (including phenoxy) is 2. The lowest BCUT2D eigenvalue weighted by Gasteiger charge is -2.71. The zero-order valence-electron chi connectivity index (χ0n) is 25.8. The Kier molecular flexibility index (Phi) is 6.56. The first kappa shape index (κ1) is 28.2. The van der Waals surface area contributed by atoms with E-state index in [0.717, 1.165) is 25.7 Å². The van der Waals surface area contributed by atoms with Crippen LogP contribution < -0.4 is 0 Å². The first-order valence-corrected chi connectivity index (χ1v) is 15.5. The van der Waals surface area contributed by atoms with E-state index in [1.165, 1.54) is 45.4 Å². The standard InChI is InChI=1S/C34H54O4/c1-22(35)37-21-30(5)16-17-31(6)18-19-33(8)24(25(31)20-30)10-11-27-32(7)14-13-28(38-23(2)36)29(3,4)26(32)12-15-34(27,33)9/h10,25-28H,11-21H2,1-9H3/t25-,26+,27-,28+,30+,31-,32+,33-,34-/m1/s1. The number of hydrogen-bond acceptors (Lipinski definition) is 4. The minimum absolute atomic E-state index is 0.00205. The molecule has 5 aliphatic rings. The Morgan fingerprint density at radius 3 is 2.18 bits per heavy atom. The normalized spacial score (nSPS) is 49.3. The van der Waals surface area contributed by atoms with Gasteiger partial charge in [-0.3, -0.25) is 9.59 Å². The lowest BCUT2D eigenvalue weighted by Crippen LogP contribution is -2.64. The summed E-state index contributed by atoms with van der Waals surface area (Å²) >= 11 is 0.